The number of carbonyl (C=O) groups is 1. The van der Waals surface area contributed by atoms with Gasteiger partial charge < -0.3 is 9.64 Å². The molecule has 30 heavy (non-hydrogen) atoms. The summed E-state index contributed by atoms with van der Waals surface area (Å²) in [4.78, 5) is 18.7. The number of amides is 1. The molecule has 0 atom stereocenters. The number of alkyl halides is 3. The Bertz CT molecular complexity index is 913. The van der Waals surface area contributed by atoms with Crippen LogP contribution >= 0.6 is 0 Å². The van der Waals surface area contributed by atoms with Crippen LogP contribution in [0.25, 0.3) is 0 Å². The van der Waals surface area contributed by atoms with Crippen LogP contribution in [0.5, 0.6) is 0 Å². The zero-order valence-corrected chi connectivity index (χ0v) is 16.5. The summed E-state index contributed by atoms with van der Waals surface area (Å²) < 4.78 is 43.6. The fourth-order valence-electron chi connectivity index (χ4n) is 3.95. The van der Waals surface area contributed by atoms with Gasteiger partial charge in [0, 0.05) is 24.2 Å². The van der Waals surface area contributed by atoms with Gasteiger partial charge in [0.15, 0.2) is 0 Å². The standard InChI is InChI=1S/C23H23F3N2O2/c24-23(25,26)20-7-5-19(6-8-20)22(29)28-12-9-17(10-13-28)15-16-1-3-18(4-2-16)21-27-11-14-30-21/h1-8,17H,9-15H2. The van der Waals surface area contributed by atoms with E-state index in [1.54, 1.807) is 4.90 Å². The van der Waals surface area contributed by atoms with Crippen molar-refractivity contribution in [2.24, 2.45) is 10.9 Å². The first kappa shape index (κ1) is 20.4. The molecule has 2 aliphatic heterocycles. The molecule has 4 rings (SSSR count). The minimum Gasteiger partial charge on any atom is -0.476 e. The van der Waals surface area contributed by atoms with Crippen molar-refractivity contribution in [3.8, 4) is 0 Å². The smallest absolute Gasteiger partial charge is 0.416 e. The van der Waals surface area contributed by atoms with Gasteiger partial charge >= 0.3 is 6.18 Å². The summed E-state index contributed by atoms with van der Waals surface area (Å²) in [7, 11) is 0. The Morgan fingerprint density at radius 2 is 1.70 bits per heavy atom. The highest BCUT2D eigenvalue weighted by molar-refractivity contribution is 5.95. The average molecular weight is 416 g/mol. The fraction of sp³-hybridized carbons (Fsp3) is 0.391. The van der Waals surface area contributed by atoms with Crippen molar-refractivity contribution in [2.75, 3.05) is 26.2 Å². The van der Waals surface area contributed by atoms with Gasteiger partial charge in [0.25, 0.3) is 5.91 Å². The fourth-order valence-corrected chi connectivity index (χ4v) is 3.95. The number of halogens is 3. The molecule has 1 fully saturated rings. The van der Waals surface area contributed by atoms with Crippen LogP contribution in [0.15, 0.2) is 53.5 Å². The maximum Gasteiger partial charge on any atom is 0.416 e. The molecule has 2 heterocycles. The number of hydrogen-bond acceptors (Lipinski definition) is 3. The Labute approximate surface area is 173 Å². The second-order valence-corrected chi connectivity index (χ2v) is 7.75. The van der Waals surface area contributed by atoms with Gasteiger partial charge in [-0.2, -0.15) is 13.2 Å². The lowest BCUT2D eigenvalue weighted by Crippen LogP contribution is -2.38. The van der Waals surface area contributed by atoms with Crippen LogP contribution in [0.4, 0.5) is 13.2 Å². The summed E-state index contributed by atoms with van der Waals surface area (Å²) in [6, 6.07) is 12.7. The predicted octanol–water partition coefficient (Wildman–Crippen LogP) is 4.58. The van der Waals surface area contributed by atoms with E-state index >= 15 is 0 Å². The zero-order valence-electron chi connectivity index (χ0n) is 16.5. The quantitative estimate of drug-likeness (QED) is 0.732. The van der Waals surface area contributed by atoms with Gasteiger partial charge in [-0.05, 0) is 67.1 Å². The number of hydrogen-bond donors (Lipinski definition) is 0. The van der Waals surface area contributed by atoms with Crippen molar-refractivity contribution < 1.29 is 22.7 Å². The number of likely N-dealkylation sites (tertiary alicyclic amines) is 1. The molecule has 4 nitrogen and oxygen atoms in total. The number of benzene rings is 2. The van der Waals surface area contributed by atoms with Crippen molar-refractivity contribution >= 4 is 11.8 Å². The molecule has 7 heteroatoms. The SMILES string of the molecule is O=C(c1ccc(C(F)(F)F)cc1)N1CCC(Cc2ccc(C3=NCCO3)cc2)CC1. The highest BCUT2D eigenvalue weighted by Gasteiger charge is 2.31. The highest BCUT2D eigenvalue weighted by atomic mass is 19.4. The van der Waals surface area contributed by atoms with Gasteiger partial charge in [-0.25, -0.2) is 4.99 Å². The van der Waals surface area contributed by atoms with Crippen molar-refractivity contribution in [3.63, 3.8) is 0 Å². The van der Waals surface area contributed by atoms with Crippen LogP contribution in [-0.2, 0) is 17.3 Å². The van der Waals surface area contributed by atoms with Crippen molar-refractivity contribution in [3.05, 3.63) is 70.8 Å². The molecule has 0 N–H and O–H groups in total. The van der Waals surface area contributed by atoms with E-state index in [9.17, 15) is 18.0 Å². The first-order valence-electron chi connectivity index (χ1n) is 10.1. The molecule has 158 valence electrons. The van der Waals surface area contributed by atoms with E-state index in [4.69, 9.17) is 4.74 Å². The molecule has 2 aromatic rings. The normalized spacial score (nSPS) is 17.6. The van der Waals surface area contributed by atoms with Crippen LogP contribution in [0, 0.1) is 5.92 Å². The number of carbonyl (C=O) groups excluding carboxylic acids is 1. The molecule has 0 radical (unpaired) electrons. The summed E-state index contributed by atoms with van der Waals surface area (Å²) in [6.07, 6.45) is -1.69. The van der Waals surface area contributed by atoms with Crippen molar-refractivity contribution in [1.29, 1.82) is 0 Å². The van der Waals surface area contributed by atoms with Gasteiger partial charge in [-0.1, -0.05) is 12.1 Å². The number of rotatable bonds is 4. The largest absolute Gasteiger partial charge is 0.476 e. The number of nitrogens with zero attached hydrogens (tertiary/aromatic N) is 2. The summed E-state index contributed by atoms with van der Waals surface area (Å²) in [5.74, 6) is 0.980. The molecule has 0 saturated carbocycles. The number of ether oxygens (including phenoxy) is 1. The van der Waals surface area contributed by atoms with Gasteiger partial charge in [-0.15, -0.1) is 0 Å². The summed E-state index contributed by atoms with van der Waals surface area (Å²) >= 11 is 0. The van der Waals surface area contributed by atoms with E-state index in [1.165, 1.54) is 17.7 Å². The highest BCUT2D eigenvalue weighted by Crippen LogP contribution is 2.29. The molecule has 0 aromatic heterocycles. The van der Waals surface area contributed by atoms with E-state index in [0.717, 1.165) is 37.0 Å². The third kappa shape index (κ3) is 4.66. The minimum atomic E-state index is -4.39. The first-order chi connectivity index (χ1) is 14.4. The lowest BCUT2D eigenvalue weighted by molar-refractivity contribution is -0.137. The third-order valence-corrected chi connectivity index (χ3v) is 5.67. The van der Waals surface area contributed by atoms with Crippen LogP contribution in [0.3, 0.4) is 0 Å². The summed E-state index contributed by atoms with van der Waals surface area (Å²) in [5.41, 5.74) is 1.79. The Hall–Kier alpha value is -2.83. The van der Waals surface area contributed by atoms with Gasteiger partial charge in [0.05, 0.1) is 12.1 Å². The molecule has 2 aromatic carbocycles. The van der Waals surface area contributed by atoms with Crippen molar-refractivity contribution in [1.82, 2.24) is 4.90 Å². The molecule has 1 amide bonds. The van der Waals surface area contributed by atoms with Crippen LogP contribution in [-0.4, -0.2) is 42.9 Å². The molecule has 0 spiro atoms. The van der Waals surface area contributed by atoms with E-state index in [-0.39, 0.29) is 5.91 Å². The number of piperidine rings is 1. The Morgan fingerprint density at radius 1 is 1.03 bits per heavy atom. The molecule has 0 unspecified atom stereocenters. The van der Waals surface area contributed by atoms with E-state index in [2.05, 4.69) is 17.1 Å². The molecular weight excluding hydrogens is 393 g/mol. The number of aliphatic imine (C=N–C) groups is 1. The lowest BCUT2D eigenvalue weighted by atomic mass is 9.89. The second-order valence-electron chi connectivity index (χ2n) is 7.75. The van der Waals surface area contributed by atoms with Crippen LogP contribution in [0.1, 0.15) is 39.9 Å². The van der Waals surface area contributed by atoms with Gasteiger partial charge in [-0.3, -0.25) is 4.79 Å². The maximum absolute atomic E-state index is 12.7. The summed E-state index contributed by atoms with van der Waals surface area (Å²) in [6.45, 7) is 2.59. The second kappa shape index (κ2) is 8.50. The third-order valence-electron chi connectivity index (χ3n) is 5.67. The molecule has 1 saturated heterocycles. The Kier molecular flexibility index (Phi) is 5.79. The monoisotopic (exact) mass is 416 g/mol. The maximum atomic E-state index is 12.7. The van der Waals surface area contributed by atoms with Crippen LogP contribution < -0.4 is 0 Å². The Morgan fingerprint density at radius 3 is 2.27 bits per heavy atom. The predicted molar refractivity (Wildman–Crippen MR) is 108 cm³/mol. The molecule has 0 aliphatic carbocycles. The van der Waals surface area contributed by atoms with E-state index in [0.29, 0.717) is 43.6 Å². The van der Waals surface area contributed by atoms with Gasteiger partial charge in [0.2, 0.25) is 5.90 Å². The lowest BCUT2D eigenvalue weighted by Gasteiger charge is -2.32. The molecular formula is C23H23F3N2O2. The van der Waals surface area contributed by atoms with Crippen molar-refractivity contribution in [2.45, 2.75) is 25.4 Å². The zero-order chi connectivity index (χ0) is 21.1. The van der Waals surface area contributed by atoms with Crippen LogP contribution in [0.2, 0.25) is 0 Å². The first-order valence-corrected chi connectivity index (χ1v) is 10.1. The topological polar surface area (TPSA) is 41.9 Å². The van der Waals surface area contributed by atoms with E-state index < -0.39 is 11.7 Å². The van der Waals surface area contributed by atoms with E-state index in [1.807, 2.05) is 12.1 Å². The van der Waals surface area contributed by atoms with Gasteiger partial charge in [0.1, 0.15) is 6.61 Å². The Balaban J connectivity index is 1.29. The molecule has 2 aliphatic rings. The summed E-state index contributed by atoms with van der Waals surface area (Å²) in [5, 5.41) is 0. The average Bonchev–Trinajstić information content (AvgIpc) is 3.29. The minimum absolute atomic E-state index is 0.205. The molecule has 0 bridgehead atoms.